The number of benzene rings is 2. The minimum Gasteiger partial charge on any atom is -0.619 e. The summed E-state index contributed by atoms with van der Waals surface area (Å²) < 4.78 is 24.0. The Morgan fingerprint density at radius 3 is 2.44 bits per heavy atom. The van der Waals surface area contributed by atoms with E-state index in [9.17, 15) is 19.9 Å². The lowest BCUT2D eigenvalue weighted by atomic mass is 9.85. The largest absolute Gasteiger partial charge is 0.619 e. The second-order valence-corrected chi connectivity index (χ2v) is 14.8. The molecule has 0 spiro atoms. The van der Waals surface area contributed by atoms with Gasteiger partial charge in [-0.25, -0.2) is 9.59 Å². The number of aliphatic hydroxyl groups is 1. The van der Waals surface area contributed by atoms with Crippen LogP contribution in [0.4, 0.5) is 0 Å². The van der Waals surface area contributed by atoms with Crippen molar-refractivity contribution in [1.82, 2.24) is 10.2 Å². The van der Waals surface area contributed by atoms with Crippen molar-refractivity contribution in [2.45, 2.75) is 50.5 Å². The Morgan fingerprint density at radius 1 is 1.08 bits per heavy atom. The first-order chi connectivity index (χ1) is 25.1. The molecule has 14 heteroatoms. The molecule has 276 valence electrons. The van der Waals surface area contributed by atoms with Gasteiger partial charge in [0.15, 0.2) is 29.4 Å². The molecule has 2 bridgehead atoms. The number of methoxy groups -OCH3 is 1. The van der Waals surface area contributed by atoms with Gasteiger partial charge in [-0.05, 0) is 74.2 Å². The summed E-state index contributed by atoms with van der Waals surface area (Å²) in [5.74, 6) is 0.141. The molecule has 4 aromatic rings. The Hall–Kier alpha value is -3.91. The fourth-order valence-corrected chi connectivity index (χ4v) is 8.25. The standard InChI is InChI=1S/C38H41Cl2N3O8S/c1-3-49-33-17-25(9-11-31(33)48-2)32(18-28-29(39)20-43(47)21-30(28)40)50-36(45)35-12-10-27(52-35)19-41-38(23-44,26-7-5-4-6-8-26)37(46)51-34-22-42-15-13-24(34)14-16-42/h4-12,17,20-21,24,32,34,41,44H,3,13-16,18-19,22-23H2,1-2H3/t32-,34-,38-/m0/s1. The highest BCUT2D eigenvalue weighted by Crippen LogP contribution is 2.37. The molecule has 0 aliphatic carbocycles. The highest BCUT2D eigenvalue weighted by molar-refractivity contribution is 7.13. The molecule has 3 fully saturated rings. The number of hydrogen-bond donors (Lipinski definition) is 2. The lowest BCUT2D eigenvalue weighted by molar-refractivity contribution is -0.605. The van der Waals surface area contributed by atoms with Gasteiger partial charge in [-0.1, -0.05) is 59.6 Å². The number of piperidine rings is 3. The maximum absolute atomic E-state index is 14.0. The number of thiophene rings is 1. The van der Waals surface area contributed by atoms with Crippen molar-refractivity contribution in [1.29, 1.82) is 0 Å². The van der Waals surface area contributed by atoms with Crippen molar-refractivity contribution >= 4 is 46.5 Å². The molecule has 5 heterocycles. The normalized spacial score (nSPS) is 19.8. The van der Waals surface area contributed by atoms with E-state index in [2.05, 4.69) is 10.2 Å². The third kappa shape index (κ3) is 8.33. The molecular weight excluding hydrogens is 729 g/mol. The van der Waals surface area contributed by atoms with Gasteiger partial charge in [0.1, 0.15) is 27.1 Å². The van der Waals surface area contributed by atoms with Crippen LogP contribution in [0.3, 0.4) is 0 Å². The number of nitrogens with one attached hydrogen (secondary N) is 1. The molecule has 2 aromatic carbocycles. The summed E-state index contributed by atoms with van der Waals surface area (Å²) in [5.41, 5.74) is 0.0876. The molecule has 11 nitrogen and oxygen atoms in total. The van der Waals surface area contributed by atoms with Crippen LogP contribution >= 0.6 is 34.5 Å². The SMILES string of the molecule is CCOc1cc([C@H](Cc2c(Cl)c[n+]([O-])cc2Cl)OC(=O)c2ccc(CN[C@](CO)(C(=O)O[C@H]3CN4CCC3CC4)c3ccccc3)s2)ccc1OC. The van der Waals surface area contributed by atoms with Crippen LogP contribution in [0.25, 0.3) is 0 Å². The zero-order valence-electron chi connectivity index (χ0n) is 28.9. The highest BCUT2D eigenvalue weighted by atomic mass is 35.5. The molecule has 0 amide bonds. The van der Waals surface area contributed by atoms with Crippen LogP contribution in [0.2, 0.25) is 10.0 Å². The third-order valence-corrected chi connectivity index (χ3v) is 11.4. The van der Waals surface area contributed by atoms with Crippen molar-refractivity contribution in [2.24, 2.45) is 5.92 Å². The Kier molecular flexibility index (Phi) is 12.2. The van der Waals surface area contributed by atoms with Gasteiger partial charge in [-0.15, -0.1) is 11.3 Å². The fraction of sp³-hybridized carbons (Fsp3) is 0.395. The van der Waals surface area contributed by atoms with Gasteiger partial charge in [0.2, 0.25) is 0 Å². The number of carbonyl (C=O) groups is 2. The first-order valence-electron chi connectivity index (χ1n) is 17.2. The molecule has 3 aliphatic rings. The zero-order valence-corrected chi connectivity index (χ0v) is 31.2. The predicted molar refractivity (Wildman–Crippen MR) is 197 cm³/mol. The van der Waals surface area contributed by atoms with E-state index in [1.165, 1.54) is 30.8 Å². The number of aromatic nitrogens is 1. The number of hydrogen-bond acceptors (Lipinski definition) is 11. The first-order valence-corrected chi connectivity index (χ1v) is 18.7. The van der Waals surface area contributed by atoms with Crippen molar-refractivity contribution < 1.29 is 38.4 Å². The van der Waals surface area contributed by atoms with E-state index in [-0.39, 0.29) is 29.1 Å². The number of rotatable bonds is 15. The number of ether oxygens (including phenoxy) is 4. The Morgan fingerprint density at radius 2 is 1.81 bits per heavy atom. The van der Waals surface area contributed by atoms with Crippen molar-refractivity contribution in [2.75, 3.05) is 40.0 Å². The molecule has 3 saturated heterocycles. The summed E-state index contributed by atoms with van der Waals surface area (Å²) >= 11 is 14.0. The van der Waals surface area contributed by atoms with Gasteiger partial charge < -0.3 is 29.3 Å². The summed E-state index contributed by atoms with van der Waals surface area (Å²) in [5, 5.41) is 26.3. The maximum Gasteiger partial charge on any atom is 0.348 e. The van der Waals surface area contributed by atoms with Gasteiger partial charge in [0.05, 0.1) is 20.3 Å². The number of nitrogens with zero attached hydrogens (tertiary/aromatic N) is 2. The summed E-state index contributed by atoms with van der Waals surface area (Å²) in [6.07, 6.45) is 3.30. The zero-order chi connectivity index (χ0) is 36.8. The molecule has 0 radical (unpaired) electrons. The number of pyridine rings is 1. The number of esters is 2. The van der Waals surface area contributed by atoms with Gasteiger partial charge in [-0.2, -0.15) is 4.73 Å². The molecule has 7 rings (SSSR count). The molecule has 3 atom stereocenters. The first kappa shape index (κ1) is 37.8. The van der Waals surface area contributed by atoms with E-state index in [0.717, 1.165) is 30.8 Å². The summed E-state index contributed by atoms with van der Waals surface area (Å²) in [6.45, 7) is 4.57. The molecule has 0 unspecified atom stereocenters. The summed E-state index contributed by atoms with van der Waals surface area (Å²) in [6, 6.07) is 17.7. The Labute approximate surface area is 316 Å². The van der Waals surface area contributed by atoms with Crippen LogP contribution in [0.15, 0.2) is 73.1 Å². The lowest BCUT2D eigenvalue weighted by Crippen LogP contribution is -2.57. The number of halogens is 2. The number of fused-ring (bicyclic) bond motifs is 3. The minimum absolute atomic E-state index is 0.0692. The quantitative estimate of drug-likeness (QED) is 0.0862. The van der Waals surface area contributed by atoms with Crippen LogP contribution < -0.4 is 19.5 Å². The molecule has 3 aliphatic heterocycles. The molecule has 2 N–H and O–H groups in total. The summed E-state index contributed by atoms with van der Waals surface area (Å²) in [4.78, 5) is 31.0. The lowest BCUT2D eigenvalue weighted by Gasteiger charge is -2.45. The van der Waals surface area contributed by atoms with Gasteiger partial charge >= 0.3 is 11.9 Å². The van der Waals surface area contributed by atoms with Crippen molar-refractivity contribution in [3.05, 3.63) is 115 Å². The number of aliphatic hydroxyl groups excluding tert-OH is 1. The van der Waals surface area contributed by atoms with E-state index >= 15 is 0 Å². The van der Waals surface area contributed by atoms with E-state index in [1.807, 2.05) is 25.1 Å². The van der Waals surface area contributed by atoms with E-state index in [4.69, 9.17) is 42.1 Å². The van der Waals surface area contributed by atoms with Gasteiger partial charge in [-0.3, -0.25) is 10.2 Å². The predicted octanol–water partition coefficient (Wildman–Crippen LogP) is 5.85. The Bertz CT molecular complexity index is 1850. The van der Waals surface area contributed by atoms with E-state index in [0.29, 0.717) is 56.9 Å². The van der Waals surface area contributed by atoms with Crippen molar-refractivity contribution in [3.8, 4) is 11.5 Å². The second-order valence-electron chi connectivity index (χ2n) is 12.9. The van der Waals surface area contributed by atoms with E-state index < -0.39 is 30.2 Å². The monoisotopic (exact) mass is 769 g/mol. The molecule has 2 aromatic heterocycles. The van der Waals surface area contributed by atoms with Crippen LogP contribution in [-0.2, 0) is 32.8 Å². The smallest absolute Gasteiger partial charge is 0.348 e. The van der Waals surface area contributed by atoms with Crippen LogP contribution in [-0.4, -0.2) is 68.0 Å². The van der Waals surface area contributed by atoms with Gasteiger partial charge in [0, 0.05) is 30.0 Å². The fourth-order valence-electron chi connectivity index (χ4n) is 6.82. The van der Waals surface area contributed by atoms with Crippen LogP contribution in [0.1, 0.15) is 57.1 Å². The van der Waals surface area contributed by atoms with Crippen LogP contribution in [0, 0.1) is 11.1 Å². The topological polar surface area (TPSA) is 134 Å². The van der Waals surface area contributed by atoms with E-state index in [1.54, 1.807) is 42.5 Å². The molecule has 52 heavy (non-hydrogen) atoms. The maximum atomic E-state index is 14.0. The number of carbonyl (C=O) groups excluding carboxylic acids is 2. The average molecular weight is 771 g/mol. The molecular formula is C38H41Cl2N3O8S. The minimum atomic E-state index is -1.52. The van der Waals surface area contributed by atoms with Crippen molar-refractivity contribution in [3.63, 3.8) is 0 Å². The summed E-state index contributed by atoms with van der Waals surface area (Å²) in [7, 11) is 1.53. The third-order valence-electron chi connectivity index (χ3n) is 9.69. The highest BCUT2D eigenvalue weighted by Gasteiger charge is 2.45. The second kappa shape index (κ2) is 16.8. The average Bonchev–Trinajstić information content (AvgIpc) is 3.63. The van der Waals surface area contributed by atoms with Gasteiger partial charge in [0.25, 0.3) is 0 Å². The Balaban J connectivity index is 1.22. The van der Waals surface area contributed by atoms with Crippen LogP contribution in [0.5, 0.6) is 11.5 Å². The molecule has 0 saturated carbocycles.